The summed E-state index contributed by atoms with van der Waals surface area (Å²) < 4.78 is 38.6. The van der Waals surface area contributed by atoms with Gasteiger partial charge in [-0.25, -0.2) is 0 Å². The molecule has 1 heterocycles. The van der Waals surface area contributed by atoms with Gasteiger partial charge < -0.3 is 9.80 Å². The van der Waals surface area contributed by atoms with E-state index in [1.165, 1.54) is 31.5 Å². The molecule has 5 heteroatoms. The lowest BCUT2D eigenvalue weighted by atomic mass is 9.93. The second-order valence-electron chi connectivity index (χ2n) is 7.53. The van der Waals surface area contributed by atoms with Gasteiger partial charge in [0.15, 0.2) is 0 Å². The lowest BCUT2D eigenvalue weighted by molar-refractivity contribution is -0.904. The van der Waals surface area contributed by atoms with Crippen LogP contribution in [0.5, 0.6) is 0 Å². The largest absolute Gasteiger partial charge is 0.416 e. The first kappa shape index (κ1) is 16.0. The van der Waals surface area contributed by atoms with E-state index < -0.39 is 11.7 Å². The summed E-state index contributed by atoms with van der Waals surface area (Å²) in [4.78, 5) is 3.71. The van der Waals surface area contributed by atoms with Crippen molar-refractivity contribution in [2.24, 2.45) is 17.8 Å². The molecule has 24 heavy (non-hydrogen) atoms. The molecule has 1 aliphatic heterocycles. The van der Waals surface area contributed by atoms with Gasteiger partial charge in [0, 0.05) is 11.6 Å². The molecular formula is C19H24F3N2+. The van der Waals surface area contributed by atoms with Crippen molar-refractivity contribution in [1.82, 2.24) is 0 Å². The lowest BCUT2D eigenvalue weighted by Gasteiger charge is -2.35. The summed E-state index contributed by atoms with van der Waals surface area (Å²) in [6.07, 6.45) is 3.19. The first-order valence-corrected chi connectivity index (χ1v) is 8.93. The minimum atomic E-state index is -4.27. The Morgan fingerprint density at radius 2 is 1.88 bits per heavy atom. The van der Waals surface area contributed by atoms with Crippen LogP contribution in [0, 0.1) is 17.8 Å². The van der Waals surface area contributed by atoms with Crippen molar-refractivity contribution in [3.8, 4) is 0 Å². The van der Waals surface area contributed by atoms with Crippen molar-refractivity contribution >= 4 is 5.69 Å². The van der Waals surface area contributed by atoms with E-state index in [-0.39, 0.29) is 0 Å². The molecule has 1 N–H and O–H groups in total. The summed E-state index contributed by atoms with van der Waals surface area (Å²) in [5.74, 6) is 2.41. The highest BCUT2D eigenvalue weighted by molar-refractivity contribution is 5.49. The molecule has 3 aliphatic rings. The lowest BCUT2D eigenvalue weighted by Crippen LogP contribution is -3.15. The van der Waals surface area contributed by atoms with Gasteiger partial charge in [0.2, 0.25) is 0 Å². The predicted octanol–water partition coefficient (Wildman–Crippen LogP) is 2.62. The summed E-state index contributed by atoms with van der Waals surface area (Å²) in [5, 5.41) is 0. The van der Waals surface area contributed by atoms with Crippen LogP contribution in [-0.4, -0.2) is 32.7 Å². The molecule has 1 saturated heterocycles. The van der Waals surface area contributed by atoms with Crippen LogP contribution >= 0.6 is 0 Å². The van der Waals surface area contributed by atoms with Crippen LogP contribution in [-0.2, 0) is 6.18 Å². The van der Waals surface area contributed by atoms with Crippen LogP contribution in [0.2, 0.25) is 0 Å². The van der Waals surface area contributed by atoms with Gasteiger partial charge in [-0.15, -0.1) is 0 Å². The quantitative estimate of drug-likeness (QED) is 0.833. The van der Waals surface area contributed by atoms with Crippen LogP contribution < -0.4 is 9.80 Å². The van der Waals surface area contributed by atoms with Gasteiger partial charge in [-0.3, -0.25) is 0 Å². The standard InChI is InChI=1S/C19H23F3N2/c20-19(21,22)17-2-1-3-18(12-17)24-8-6-23(7-9-24)13-16-11-14-4-5-15(16)10-14/h1-5,12,14-16H,6-11,13H2/p+1/t14-,15-,16-/m0/s1. The van der Waals surface area contributed by atoms with Gasteiger partial charge >= 0.3 is 6.18 Å². The number of nitrogens with zero attached hydrogens (tertiary/aromatic N) is 1. The van der Waals surface area contributed by atoms with Crippen LogP contribution in [0.1, 0.15) is 18.4 Å². The fourth-order valence-corrected chi connectivity index (χ4v) is 4.66. The zero-order chi connectivity index (χ0) is 16.7. The van der Waals surface area contributed by atoms with Gasteiger partial charge in [-0.1, -0.05) is 18.2 Å². The van der Waals surface area contributed by atoms with E-state index in [1.807, 2.05) is 0 Å². The average Bonchev–Trinajstić information content (AvgIpc) is 3.18. The second-order valence-corrected chi connectivity index (χ2v) is 7.53. The summed E-state index contributed by atoms with van der Waals surface area (Å²) >= 11 is 0. The highest BCUT2D eigenvalue weighted by Crippen LogP contribution is 2.42. The van der Waals surface area contributed by atoms with Crippen LogP contribution in [0.4, 0.5) is 18.9 Å². The number of hydrogen-bond donors (Lipinski definition) is 1. The molecule has 2 aliphatic carbocycles. The average molecular weight is 337 g/mol. The fourth-order valence-electron chi connectivity index (χ4n) is 4.66. The van der Waals surface area contributed by atoms with Gasteiger partial charge in [0.1, 0.15) is 0 Å². The van der Waals surface area contributed by atoms with Gasteiger partial charge in [0.25, 0.3) is 0 Å². The van der Waals surface area contributed by atoms with Crippen molar-refractivity contribution in [3.63, 3.8) is 0 Å². The minimum absolute atomic E-state index is 0.552. The molecule has 1 aromatic carbocycles. The Morgan fingerprint density at radius 3 is 2.50 bits per heavy atom. The van der Waals surface area contributed by atoms with Crippen molar-refractivity contribution in [2.45, 2.75) is 19.0 Å². The highest BCUT2D eigenvalue weighted by atomic mass is 19.4. The number of allylic oxidation sites excluding steroid dienone is 2. The summed E-state index contributed by atoms with van der Waals surface area (Å²) in [5.41, 5.74) is 0.148. The monoisotopic (exact) mass is 337 g/mol. The number of alkyl halides is 3. The topological polar surface area (TPSA) is 7.68 Å². The van der Waals surface area contributed by atoms with Crippen molar-refractivity contribution < 1.29 is 18.1 Å². The molecule has 0 unspecified atom stereocenters. The SMILES string of the molecule is FC(F)(F)c1cccc(N2CC[NH+](C[C@@H]3C[C@H]4C=C[C@H]3C4)CC2)c1. The molecule has 0 radical (unpaired) electrons. The normalized spacial score (nSPS) is 30.3. The number of fused-ring (bicyclic) bond motifs is 2. The van der Waals surface area contributed by atoms with E-state index in [9.17, 15) is 13.2 Å². The van der Waals surface area contributed by atoms with Crippen LogP contribution in [0.25, 0.3) is 0 Å². The third-order valence-corrected chi connectivity index (χ3v) is 5.98. The molecule has 130 valence electrons. The van der Waals surface area contributed by atoms with E-state index >= 15 is 0 Å². The predicted molar refractivity (Wildman–Crippen MR) is 88.1 cm³/mol. The minimum Gasteiger partial charge on any atom is -0.360 e. The number of rotatable bonds is 3. The maximum atomic E-state index is 12.9. The molecule has 4 rings (SSSR count). The number of halogens is 3. The molecule has 1 aromatic rings. The molecule has 2 nitrogen and oxygen atoms in total. The second kappa shape index (κ2) is 6.10. The third kappa shape index (κ3) is 3.18. The number of quaternary nitrogens is 1. The number of hydrogen-bond acceptors (Lipinski definition) is 1. The van der Waals surface area contributed by atoms with Gasteiger partial charge in [-0.2, -0.15) is 13.2 Å². The van der Waals surface area contributed by atoms with E-state index in [4.69, 9.17) is 0 Å². The number of anilines is 1. The van der Waals surface area contributed by atoms with E-state index in [1.54, 1.807) is 11.0 Å². The Kier molecular flexibility index (Phi) is 4.07. The molecule has 2 fully saturated rings. The Bertz CT molecular complexity index is 617. The van der Waals surface area contributed by atoms with Gasteiger partial charge in [-0.05, 0) is 42.9 Å². The van der Waals surface area contributed by atoms with Crippen molar-refractivity contribution in [3.05, 3.63) is 42.0 Å². The maximum Gasteiger partial charge on any atom is 0.416 e. The molecule has 1 saturated carbocycles. The fraction of sp³-hybridized carbons (Fsp3) is 0.579. The van der Waals surface area contributed by atoms with Crippen LogP contribution in [0.3, 0.4) is 0 Å². The first-order valence-electron chi connectivity index (χ1n) is 8.93. The molecule has 0 amide bonds. The van der Waals surface area contributed by atoms with Crippen molar-refractivity contribution in [2.75, 3.05) is 37.6 Å². The van der Waals surface area contributed by atoms with Crippen LogP contribution in [0.15, 0.2) is 36.4 Å². The number of nitrogens with one attached hydrogen (secondary N) is 1. The summed E-state index contributed by atoms with van der Waals surface area (Å²) in [6, 6.07) is 5.74. The molecule has 0 aromatic heterocycles. The highest BCUT2D eigenvalue weighted by Gasteiger charge is 2.38. The Morgan fingerprint density at radius 1 is 1.08 bits per heavy atom. The smallest absolute Gasteiger partial charge is 0.360 e. The van der Waals surface area contributed by atoms with E-state index in [0.29, 0.717) is 5.69 Å². The Labute approximate surface area is 140 Å². The molecule has 3 atom stereocenters. The van der Waals surface area contributed by atoms with Gasteiger partial charge in [0.05, 0.1) is 38.3 Å². The molecule has 2 bridgehead atoms. The Balaban J connectivity index is 1.34. The number of benzene rings is 1. The summed E-state index contributed by atoms with van der Waals surface area (Å²) in [7, 11) is 0. The summed E-state index contributed by atoms with van der Waals surface area (Å²) in [6.45, 7) is 4.95. The third-order valence-electron chi connectivity index (χ3n) is 5.98. The maximum absolute atomic E-state index is 12.9. The van der Waals surface area contributed by atoms with E-state index in [0.717, 1.165) is 50.0 Å². The number of piperazine rings is 1. The molecular weight excluding hydrogens is 313 g/mol. The van der Waals surface area contributed by atoms with Crippen molar-refractivity contribution in [1.29, 1.82) is 0 Å². The van der Waals surface area contributed by atoms with E-state index in [2.05, 4.69) is 17.1 Å². The zero-order valence-corrected chi connectivity index (χ0v) is 13.7. The Hall–Kier alpha value is -1.49. The zero-order valence-electron chi connectivity index (χ0n) is 13.7. The molecule has 0 spiro atoms. The first-order chi connectivity index (χ1) is 11.5.